The predicted molar refractivity (Wildman–Crippen MR) is 80.8 cm³/mol. The zero-order valence-corrected chi connectivity index (χ0v) is 12.8. The van der Waals surface area contributed by atoms with Crippen LogP contribution in [-0.4, -0.2) is 0 Å². The van der Waals surface area contributed by atoms with Gasteiger partial charge in [-0.1, -0.05) is 45.7 Å². The topological polar surface area (TPSA) is 12.0 Å². The molecule has 2 rings (SSSR count). The molecule has 0 aromatic heterocycles. The summed E-state index contributed by atoms with van der Waals surface area (Å²) in [5.41, 5.74) is 2.09. The van der Waals surface area contributed by atoms with Crippen molar-refractivity contribution >= 4 is 27.5 Å². The highest BCUT2D eigenvalue weighted by atomic mass is 79.9. The quantitative estimate of drug-likeness (QED) is 0.816. The lowest BCUT2D eigenvalue weighted by Crippen LogP contribution is -2.18. The van der Waals surface area contributed by atoms with Crippen LogP contribution < -0.4 is 5.32 Å². The summed E-state index contributed by atoms with van der Waals surface area (Å²) < 4.78 is 14.1. The van der Waals surface area contributed by atoms with Crippen LogP contribution in [0.15, 0.2) is 46.9 Å². The van der Waals surface area contributed by atoms with Crippen LogP contribution in [0.25, 0.3) is 0 Å². The number of hydrogen-bond acceptors (Lipinski definition) is 1. The Hall–Kier alpha value is -0.900. The molecule has 1 nitrogen and oxygen atoms in total. The number of rotatable bonds is 4. The van der Waals surface area contributed by atoms with Crippen molar-refractivity contribution in [2.75, 3.05) is 0 Å². The van der Waals surface area contributed by atoms with Gasteiger partial charge in [-0.2, -0.15) is 0 Å². The average molecular weight is 343 g/mol. The fourth-order valence-corrected chi connectivity index (χ4v) is 2.43. The van der Waals surface area contributed by atoms with Crippen molar-refractivity contribution in [3.63, 3.8) is 0 Å². The van der Waals surface area contributed by atoms with Crippen molar-refractivity contribution in [2.24, 2.45) is 0 Å². The van der Waals surface area contributed by atoms with E-state index in [9.17, 15) is 4.39 Å². The van der Waals surface area contributed by atoms with Crippen molar-refractivity contribution in [1.82, 2.24) is 5.32 Å². The summed E-state index contributed by atoms with van der Waals surface area (Å²) in [7, 11) is 0. The average Bonchev–Trinajstić information content (AvgIpc) is 2.37. The highest BCUT2D eigenvalue weighted by Gasteiger charge is 2.09. The number of halogens is 3. The molecule has 0 aliphatic heterocycles. The third-order valence-corrected chi connectivity index (χ3v) is 3.81. The second-order valence-electron chi connectivity index (χ2n) is 4.39. The third-order valence-electron chi connectivity index (χ3n) is 2.95. The molecule has 0 radical (unpaired) electrons. The second kappa shape index (κ2) is 6.51. The lowest BCUT2D eigenvalue weighted by Gasteiger charge is -2.16. The SMILES string of the molecule is CC(NCc1ccc(Br)cc1)c1ccc(F)cc1Cl. The van der Waals surface area contributed by atoms with E-state index in [1.807, 2.05) is 19.1 Å². The fourth-order valence-electron chi connectivity index (χ4n) is 1.84. The maximum Gasteiger partial charge on any atom is 0.124 e. The molecule has 1 atom stereocenters. The highest BCUT2D eigenvalue weighted by Crippen LogP contribution is 2.24. The van der Waals surface area contributed by atoms with Gasteiger partial charge in [0.05, 0.1) is 0 Å². The van der Waals surface area contributed by atoms with Gasteiger partial charge < -0.3 is 5.32 Å². The Labute approximate surface area is 125 Å². The van der Waals surface area contributed by atoms with E-state index in [0.29, 0.717) is 5.02 Å². The van der Waals surface area contributed by atoms with E-state index in [4.69, 9.17) is 11.6 Å². The molecule has 0 spiro atoms. The van der Waals surface area contributed by atoms with E-state index < -0.39 is 0 Å². The van der Waals surface area contributed by atoms with Crippen LogP contribution in [0.2, 0.25) is 5.02 Å². The van der Waals surface area contributed by atoms with Gasteiger partial charge in [0.2, 0.25) is 0 Å². The summed E-state index contributed by atoms with van der Waals surface area (Å²) in [6.07, 6.45) is 0. The number of nitrogens with one attached hydrogen (secondary N) is 1. The van der Waals surface area contributed by atoms with Gasteiger partial charge in [-0.05, 0) is 42.3 Å². The highest BCUT2D eigenvalue weighted by molar-refractivity contribution is 9.10. The Balaban J connectivity index is 2.01. The first kappa shape index (κ1) is 14.5. The number of benzene rings is 2. The maximum absolute atomic E-state index is 13.0. The maximum atomic E-state index is 13.0. The zero-order chi connectivity index (χ0) is 13.8. The van der Waals surface area contributed by atoms with Crippen LogP contribution in [-0.2, 0) is 6.54 Å². The van der Waals surface area contributed by atoms with Gasteiger partial charge in [-0.3, -0.25) is 0 Å². The Kier molecular flexibility index (Phi) is 4.97. The molecule has 0 saturated heterocycles. The number of hydrogen-bond donors (Lipinski definition) is 1. The predicted octanol–water partition coefficient (Wildman–Crippen LogP) is 5.09. The summed E-state index contributed by atoms with van der Waals surface area (Å²) in [6, 6.07) is 12.7. The molecule has 0 bridgehead atoms. The Morgan fingerprint density at radius 2 is 1.89 bits per heavy atom. The van der Waals surface area contributed by atoms with Gasteiger partial charge in [0.15, 0.2) is 0 Å². The van der Waals surface area contributed by atoms with Gasteiger partial charge in [0.25, 0.3) is 0 Å². The molecular weight excluding hydrogens is 329 g/mol. The van der Waals surface area contributed by atoms with Crippen molar-refractivity contribution in [3.05, 3.63) is 68.9 Å². The molecule has 2 aromatic carbocycles. The standard InChI is InChI=1S/C15H14BrClFN/c1-10(14-7-6-13(18)8-15(14)17)19-9-11-2-4-12(16)5-3-11/h2-8,10,19H,9H2,1H3. The van der Waals surface area contributed by atoms with E-state index in [2.05, 4.69) is 33.4 Å². The van der Waals surface area contributed by atoms with Gasteiger partial charge in [-0.15, -0.1) is 0 Å². The monoisotopic (exact) mass is 341 g/mol. The van der Waals surface area contributed by atoms with Crippen LogP contribution in [0.1, 0.15) is 24.1 Å². The molecule has 1 unspecified atom stereocenters. The zero-order valence-electron chi connectivity index (χ0n) is 10.5. The normalized spacial score (nSPS) is 12.4. The van der Waals surface area contributed by atoms with Crippen LogP contribution in [0, 0.1) is 5.82 Å². The van der Waals surface area contributed by atoms with Crippen LogP contribution >= 0.6 is 27.5 Å². The van der Waals surface area contributed by atoms with Crippen molar-refractivity contribution in [1.29, 1.82) is 0 Å². The molecule has 2 aromatic rings. The van der Waals surface area contributed by atoms with E-state index in [0.717, 1.165) is 16.6 Å². The molecule has 0 saturated carbocycles. The van der Waals surface area contributed by atoms with E-state index >= 15 is 0 Å². The Morgan fingerprint density at radius 1 is 1.21 bits per heavy atom. The first-order chi connectivity index (χ1) is 9.06. The molecule has 0 aliphatic rings. The summed E-state index contributed by atoms with van der Waals surface area (Å²) in [5, 5.41) is 3.83. The summed E-state index contributed by atoms with van der Waals surface area (Å²) in [5.74, 6) is -0.311. The third kappa shape index (κ3) is 4.03. The molecule has 0 aliphatic carbocycles. The minimum Gasteiger partial charge on any atom is -0.306 e. The van der Waals surface area contributed by atoms with Crippen molar-refractivity contribution in [2.45, 2.75) is 19.5 Å². The minimum atomic E-state index is -0.311. The summed E-state index contributed by atoms with van der Waals surface area (Å²) >= 11 is 9.45. The van der Waals surface area contributed by atoms with Crippen LogP contribution in [0.3, 0.4) is 0 Å². The second-order valence-corrected chi connectivity index (χ2v) is 5.72. The molecule has 4 heteroatoms. The largest absolute Gasteiger partial charge is 0.306 e. The Bertz CT molecular complexity index is 557. The molecule has 19 heavy (non-hydrogen) atoms. The fraction of sp³-hybridized carbons (Fsp3) is 0.200. The van der Waals surface area contributed by atoms with Gasteiger partial charge in [-0.25, -0.2) is 4.39 Å². The lowest BCUT2D eigenvalue weighted by molar-refractivity contribution is 0.571. The molecule has 0 fully saturated rings. The van der Waals surface area contributed by atoms with Crippen molar-refractivity contribution < 1.29 is 4.39 Å². The Morgan fingerprint density at radius 3 is 2.53 bits per heavy atom. The van der Waals surface area contributed by atoms with Crippen LogP contribution in [0.4, 0.5) is 4.39 Å². The van der Waals surface area contributed by atoms with Crippen molar-refractivity contribution in [3.8, 4) is 0 Å². The molecule has 0 amide bonds. The summed E-state index contributed by atoms with van der Waals surface area (Å²) in [6.45, 7) is 2.75. The van der Waals surface area contributed by atoms with E-state index in [1.54, 1.807) is 6.07 Å². The molecule has 1 N–H and O–H groups in total. The first-order valence-electron chi connectivity index (χ1n) is 5.99. The minimum absolute atomic E-state index is 0.0664. The van der Waals surface area contributed by atoms with Gasteiger partial charge in [0.1, 0.15) is 5.82 Å². The molecule has 100 valence electrons. The molecule has 0 heterocycles. The first-order valence-corrected chi connectivity index (χ1v) is 7.16. The lowest BCUT2D eigenvalue weighted by atomic mass is 10.1. The van der Waals surface area contributed by atoms with E-state index in [1.165, 1.54) is 17.7 Å². The van der Waals surface area contributed by atoms with Gasteiger partial charge in [0, 0.05) is 22.1 Å². The molecular formula is C15H14BrClFN. The van der Waals surface area contributed by atoms with E-state index in [-0.39, 0.29) is 11.9 Å². The van der Waals surface area contributed by atoms with Gasteiger partial charge >= 0.3 is 0 Å². The smallest absolute Gasteiger partial charge is 0.124 e. The van der Waals surface area contributed by atoms with Crippen LogP contribution in [0.5, 0.6) is 0 Å². The summed E-state index contributed by atoms with van der Waals surface area (Å²) in [4.78, 5) is 0.